The minimum Gasteiger partial charge on any atom is -0.491 e. The van der Waals surface area contributed by atoms with Gasteiger partial charge in [0.05, 0.1) is 17.0 Å². The van der Waals surface area contributed by atoms with Gasteiger partial charge in [-0.15, -0.1) is 0 Å². The second-order valence-corrected chi connectivity index (χ2v) is 7.32. The van der Waals surface area contributed by atoms with Crippen LogP contribution < -0.4 is 16.0 Å². The highest BCUT2D eigenvalue weighted by Crippen LogP contribution is 2.27. The number of hydrogen-bond acceptors (Lipinski definition) is 4. The highest BCUT2D eigenvalue weighted by Gasteiger charge is 2.16. The summed E-state index contributed by atoms with van der Waals surface area (Å²) in [6.07, 6.45) is 0.683. The lowest BCUT2D eigenvalue weighted by molar-refractivity contribution is 0.240. The third-order valence-corrected chi connectivity index (χ3v) is 4.74. The summed E-state index contributed by atoms with van der Waals surface area (Å²) < 4.78 is 21.8. The van der Waals surface area contributed by atoms with Crippen LogP contribution in [0.25, 0.3) is 10.9 Å². The Labute approximate surface area is 167 Å². The Morgan fingerprint density at radius 3 is 2.45 bits per heavy atom. The molecule has 0 amide bonds. The maximum absolute atomic E-state index is 13.2. The number of benzene rings is 2. The van der Waals surface area contributed by atoms with Gasteiger partial charge in [-0.2, -0.15) is 0 Å². The molecule has 154 valence electrons. The monoisotopic (exact) mass is 400 g/mol. The van der Waals surface area contributed by atoms with Gasteiger partial charge in [0.15, 0.2) is 0 Å². The number of nitrogens with zero attached hydrogens (tertiary/aromatic N) is 2. The van der Waals surface area contributed by atoms with Gasteiger partial charge in [-0.1, -0.05) is 12.1 Å². The van der Waals surface area contributed by atoms with Crippen LogP contribution in [-0.2, 0) is 20.0 Å². The predicted octanol–water partition coefficient (Wildman–Crippen LogP) is 2.60. The summed E-state index contributed by atoms with van der Waals surface area (Å²) in [5, 5.41) is 9.44. The normalized spacial score (nSPS) is 11.4. The Hall–Kier alpha value is -2.93. The summed E-state index contributed by atoms with van der Waals surface area (Å²) in [7, 11) is 1.62. The fourth-order valence-corrected chi connectivity index (χ4v) is 3.33. The molecule has 0 aliphatic rings. The Morgan fingerprint density at radius 1 is 1.14 bits per heavy atom. The van der Waals surface area contributed by atoms with Gasteiger partial charge < -0.3 is 9.84 Å². The van der Waals surface area contributed by atoms with Crippen molar-refractivity contribution in [1.82, 2.24) is 9.13 Å². The number of aromatic nitrogens is 2. The van der Waals surface area contributed by atoms with E-state index in [1.165, 1.54) is 16.7 Å². The molecule has 3 aromatic rings. The van der Waals surface area contributed by atoms with Crippen molar-refractivity contribution < 1.29 is 14.2 Å². The molecule has 0 radical (unpaired) electrons. The summed E-state index contributed by atoms with van der Waals surface area (Å²) in [4.78, 5) is 25.6. The highest BCUT2D eigenvalue weighted by molar-refractivity contribution is 5.81. The summed E-state index contributed by atoms with van der Waals surface area (Å²) in [6.45, 7) is 3.83. The van der Waals surface area contributed by atoms with Gasteiger partial charge in [-0.05, 0) is 50.1 Å². The van der Waals surface area contributed by atoms with Crippen molar-refractivity contribution in [2.75, 3.05) is 6.61 Å². The standard InChI is InChI=1S/C22H25FN2O4/c1-14(2)29-20-13-18-19(12-16(20)11-15-5-7-17(23)8-6-15)24(3)22(28)25(21(18)27)9-4-10-26/h5-8,12-14,26H,4,9-11H2,1-3H3. The minimum absolute atomic E-state index is 0.105. The van der Waals surface area contributed by atoms with E-state index in [-0.39, 0.29) is 25.1 Å². The smallest absolute Gasteiger partial charge is 0.331 e. The van der Waals surface area contributed by atoms with Gasteiger partial charge in [-0.25, -0.2) is 9.18 Å². The van der Waals surface area contributed by atoms with Gasteiger partial charge in [0.1, 0.15) is 11.6 Å². The van der Waals surface area contributed by atoms with Crippen LogP contribution in [0.2, 0.25) is 0 Å². The maximum atomic E-state index is 13.2. The maximum Gasteiger partial charge on any atom is 0.331 e. The average Bonchev–Trinajstić information content (AvgIpc) is 2.68. The van der Waals surface area contributed by atoms with E-state index in [1.807, 2.05) is 13.8 Å². The van der Waals surface area contributed by atoms with Gasteiger partial charge >= 0.3 is 5.69 Å². The topological polar surface area (TPSA) is 73.5 Å². The van der Waals surface area contributed by atoms with Gasteiger partial charge in [0.2, 0.25) is 0 Å². The summed E-state index contributed by atoms with van der Waals surface area (Å²) in [6, 6.07) is 9.65. The van der Waals surface area contributed by atoms with Crippen LogP contribution in [0.1, 0.15) is 31.4 Å². The van der Waals surface area contributed by atoms with Gasteiger partial charge in [0, 0.05) is 32.2 Å². The van der Waals surface area contributed by atoms with Crippen LogP contribution in [0.3, 0.4) is 0 Å². The third-order valence-electron chi connectivity index (χ3n) is 4.74. The zero-order valence-electron chi connectivity index (χ0n) is 16.8. The lowest BCUT2D eigenvalue weighted by Crippen LogP contribution is -2.39. The van der Waals surface area contributed by atoms with E-state index in [2.05, 4.69) is 0 Å². The van der Waals surface area contributed by atoms with E-state index in [9.17, 15) is 14.0 Å². The molecule has 0 saturated carbocycles. The molecule has 7 heteroatoms. The molecule has 2 aromatic carbocycles. The number of fused-ring (bicyclic) bond motifs is 1. The molecule has 1 heterocycles. The Morgan fingerprint density at radius 2 is 1.83 bits per heavy atom. The van der Waals surface area contributed by atoms with Crippen LogP contribution in [0.15, 0.2) is 46.0 Å². The van der Waals surface area contributed by atoms with Crippen molar-refractivity contribution >= 4 is 10.9 Å². The third kappa shape index (κ3) is 4.40. The Balaban J connectivity index is 2.20. The molecule has 0 bridgehead atoms. The fraction of sp³-hybridized carbons (Fsp3) is 0.364. The van der Waals surface area contributed by atoms with Crippen LogP contribution in [0.5, 0.6) is 5.75 Å². The van der Waals surface area contributed by atoms with Gasteiger partial charge in [-0.3, -0.25) is 13.9 Å². The Bertz CT molecular complexity index is 1130. The van der Waals surface area contributed by atoms with Crippen molar-refractivity contribution in [3.63, 3.8) is 0 Å². The van der Waals surface area contributed by atoms with E-state index in [1.54, 1.807) is 31.3 Å². The summed E-state index contributed by atoms with van der Waals surface area (Å²) in [5.41, 5.74) is 1.37. The van der Waals surface area contributed by atoms with Crippen LogP contribution in [-0.4, -0.2) is 27.0 Å². The number of ether oxygens (including phenoxy) is 1. The SMILES string of the molecule is CC(C)Oc1cc2c(=O)n(CCCO)c(=O)n(C)c2cc1Cc1ccc(F)cc1. The van der Waals surface area contributed by atoms with E-state index in [0.29, 0.717) is 29.5 Å². The first-order chi connectivity index (χ1) is 13.8. The molecule has 0 aliphatic heterocycles. The molecule has 0 spiro atoms. The predicted molar refractivity (Wildman–Crippen MR) is 110 cm³/mol. The zero-order chi connectivity index (χ0) is 21.1. The van der Waals surface area contributed by atoms with Crippen LogP contribution in [0, 0.1) is 5.82 Å². The second-order valence-electron chi connectivity index (χ2n) is 7.32. The molecular weight excluding hydrogens is 375 g/mol. The zero-order valence-corrected chi connectivity index (χ0v) is 16.8. The van der Waals surface area contributed by atoms with Crippen LogP contribution >= 0.6 is 0 Å². The first kappa shape index (κ1) is 20.8. The average molecular weight is 400 g/mol. The van der Waals surface area contributed by atoms with Crippen molar-refractivity contribution in [3.05, 3.63) is 74.2 Å². The molecule has 0 aliphatic carbocycles. The van der Waals surface area contributed by atoms with E-state index >= 15 is 0 Å². The highest BCUT2D eigenvalue weighted by atomic mass is 19.1. The molecule has 1 N–H and O–H groups in total. The van der Waals surface area contributed by atoms with E-state index in [4.69, 9.17) is 9.84 Å². The van der Waals surface area contributed by atoms with Crippen molar-refractivity contribution in [2.24, 2.45) is 7.05 Å². The summed E-state index contributed by atoms with van der Waals surface area (Å²) in [5.74, 6) is 0.248. The molecule has 0 fully saturated rings. The molecule has 3 rings (SSSR count). The molecular formula is C22H25FN2O4. The van der Waals surface area contributed by atoms with Crippen LogP contribution in [0.4, 0.5) is 4.39 Å². The number of aryl methyl sites for hydroxylation is 1. The molecule has 0 saturated heterocycles. The lowest BCUT2D eigenvalue weighted by Gasteiger charge is -2.17. The molecule has 6 nitrogen and oxygen atoms in total. The summed E-state index contributed by atoms with van der Waals surface area (Å²) >= 11 is 0. The second kappa shape index (κ2) is 8.61. The van der Waals surface area contributed by atoms with Crippen molar-refractivity contribution in [2.45, 2.75) is 39.3 Å². The van der Waals surface area contributed by atoms with E-state index in [0.717, 1.165) is 15.7 Å². The van der Waals surface area contributed by atoms with Crippen molar-refractivity contribution in [3.8, 4) is 5.75 Å². The number of aliphatic hydroxyl groups excluding tert-OH is 1. The number of aliphatic hydroxyl groups is 1. The first-order valence-electron chi connectivity index (χ1n) is 9.60. The minimum atomic E-state index is -0.429. The quantitative estimate of drug-likeness (QED) is 0.662. The first-order valence-corrected chi connectivity index (χ1v) is 9.60. The number of rotatable bonds is 7. The Kier molecular flexibility index (Phi) is 6.17. The molecule has 1 aromatic heterocycles. The van der Waals surface area contributed by atoms with Crippen molar-refractivity contribution in [1.29, 1.82) is 0 Å². The molecule has 0 atom stereocenters. The lowest BCUT2D eigenvalue weighted by atomic mass is 10.0. The molecule has 29 heavy (non-hydrogen) atoms. The fourth-order valence-electron chi connectivity index (χ4n) is 3.33. The van der Waals surface area contributed by atoms with E-state index < -0.39 is 11.2 Å². The largest absolute Gasteiger partial charge is 0.491 e. The molecule has 0 unspecified atom stereocenters. The van der Waals surface area contributed by atoms with Gasteiger partial charge in [0.25, 0.3) is 5.56 Å². The number of hydrogen-bond donors (Lipinski definition) is 1. The number of halogens is 1.